The SMILES string of the molecule is CCOc1cc(/C=C2\SC(=O)N(Cc3ccc([N+](=O)[O-])cc3)C2=O)cc(Br)c1O. The Labute approximate surface area is 178 Å². The molecule has 1 saturated heterocycles. The van der Waals surface area contributed by atoms with E-state index in [0.29, 0.717) is 22.2 Å². The van der Waals surface area contributed by atoms with Gasteiger partial charge in [0.1, 0.15) is 0 Å². The Balaban J connectivity index is 1.82. The van der Waals surface area contributed by atoms with Crippen LogP contribution in [0.3, 0.4) is 0 Å². The number of benzene rings is 2. The van der Waals surface area contributed by atoms with E-state index in [4.69, 9.17) is 4.74 Å². The molecular weight excluding hydrogens is 464 g/mol. The van der Waals surface area contributed by atoms with Crippen LogP contribution in [0.1, 0.15) is 18.1 Å². The molecule has 0 aliphatic carbocycles. The third kappa shape index (κ3) is 4.60. The van der Waals surface area contributed by atoms with Crippen LogP contribution in [0.4, 0.5) is 10.5 Å². The van der Waals surface area contributed by atoms with Gasteiger partial charge in [0.15, 0.2) is 11.5 Å². The predicted molar refractivity (Wildman–Crippen MR) is 112 cm³/mol. The van der Waals surface area contributed by atoms with Gasteiger partial charge in [-0.2, -0.15) is 0 Å². The molecule has 3 rings (SSSR count). The number of nitrogens with zero attached hydrogens (tertiary/aromatic N) is 2. The molecule has 1 aliphatic rings. The Morgan fingerprint density at radius 2 is 1.97 bits per heavy atom. The third-order valence-electron chi connectivity index (χ3n) is 4.01. The molecule has 0 spiro atoms. The van der Waals surface area contributed by atoms with Gasteiger partial charge in [0.2, 0.25) is 0 Å². The molecule has 1 fully saturated rings. The molecule has 0 atom stereocenters. The van der Waals surface area contributed by atoms with Crippen LogP contribution in [0, 0.1) is 10.1 Å². The third-order valence-corrected chi connectivity index (χ3v) is 5.52. The molecular formula is C19H15BrN2O6S. The average Bonchev–Trinajstić information content (AvgIpc) is 2.93. The van der Waals surface area contributed by atoms with Gasteiger partial charge in [-0.1, -0.05) is 12.1 Å². The fraction of sp³-hybridized carbons (Fsp3) is 0.158. The Morgan fingerprint density at radius 3 is 2.59 bits per heavy atom. The number of nitro benzene ring substituents is 1. The molecule has 0 radical (unpaired) electrons. The molecule has 0 saturated carbocycles. The van der Waals surface area contributed by atoms with Crippen molar-refractivity contribution >= 4 is 50.6 Å². The molecule has 2 aromatic carbocycles. The normalized spacial score (nSPS) is 15.2. The van der Waals surface area contributed by atoms with Crippen molar-refractivity contribution in [3.63, 3.8) is 0 Å². The second kappa shape index (κ2) is 8.66. The second-order valence-electron chi connectivity index (χ2n) is 5.97. The number of carbonyl (C=O) groups is 2. The highest BCUT2D eigenvalue weighted by Crippen LogP contribution is 2.38. The number of phenolic OH excluding ortho intramolecular Hbond substituents is 1. The van der Waals surface area contributed by atoms with Crippen molar-refractivity contribution < 1.29 is 24.4 Å². The zero-order valence-corrected chi connectivity index (χ0v) is 17.5. The van der Waals surface area contributed by atoms with E-state index >= 15 is 0 Å². The quantitative estimate of drug-likeness (QED) is 0.363. The van der Waals surface area contributed by atoms with Crippen molar-refractivity contribution in [1.29, 1.82) is 0 Å². The van der Waals surface area contributed by atoms with Crippen LogP contribution in [0.5, 0.6) is 11.5 Å². The number of hydrogen-bond donors (Lipinski definition) is 1. The number of non-ortho nitro benzene ring substituents is 1. The number of rotatable bonds is 6. The van der Waals surface area contributed by atoms with Gasteiger partial charge in [-0.05, 0) is 64.0 Å². The molecule has 1 heterocycles. The molecule has 8 nitrogen and oxygen atoms in total. The van der Waals surface area contributed by atoms with Crippen LogP contribution >= 0.6 is 27.7 Å². The maximum atomic E-state index is 12.7. The van der Waals surface area contributed by atoms with E-state index in [0.717, 1.165) is 16.7 Å². The number of ether oxygens (including phenoxy) is 1. The molecule has 1 N–H and O–H groups in total. The van der Waals surface area contributed by atoms with E-state index in [2.05, 4.69) is 15.9 Å². The number of phenols is 1. The minimum atomic E-state index is -0.515. The van der Waals surface area contributed by atoms with Gasteiger partial charge >= 0.3 is 0 Å². The Morgan fingerprint density at radius 1 is 1.28 bits per heavy atom. The van der Waals surface area contributed by atoms with Crippen molar-refractivity contribution in [2.75, 3.05) is 6.61 Å². The second-order valence-corrected chi connectivity index (χ2v) is 7.82. The number of halogens is 1. The van der Waals surface area contributed by atoms with Crippen LogP contribution < -0.4 is 4.74 Å². The number of thioether (sulfide) groups is 1. The number of nitro groups is 1. The molecule has 0 aromatic heterocycles. The lowest BCUT2D eigenvalue weighted by Gasteiger charge is -2.12. The summed E-state index contributed by atoms with van der Waals surface area (Å²) in [5.41, 5.74) is 1.12. The van der Waals surface area contributed by atoms with Gasteiger partial charge in [-0.15, -0.1) is 0 Å². The van der Waals surface area contributed by atoms with E-state index in [1.807, 2.05) is 0 Å². The first kappa shape index (κ1) is 20.9. The zero-order valence-electron chi connectivity index (χ0n) is 15.1. The first-order chi connectivity index (χ1) is 13.8. The van der Waals surface area contributed by atoms with Gasteiger partial charge in [-0.3, -0.25) is 24.6 Å². The molecule has 150 valence electrons. The molecule has 2 amide bonds. The molecule has 1 aliphatic heterocycles. The minimum Gasteiger partial charge on any atom is -0.503 e. The highest BCUT2D eigenvalue weighted by molar-refractivity contribution is 9.10. The summed E-state index contributed by atoms with van der Waals surface area (Å²) in [5.74, 6) is -0.242. The maximum absolute atomic E-state index is 12.7. The number of hydrogen-bond acceptors (Lipinski definition) is 7. The van der Waals surface area contributed by atoms with E-state index in [9.17, 15) is 24.8 Å². The number of imide groups is 1. The lowest BCUT2D eigenvalue weighted by molar-refractivity contribution is -0.384. The molecule has 0 bridgehead atoms. The van der Waals surface area contributed by atoms with Gasteiger partial charge in [0, 0.05) is 12.1 Å². The molecule has 0 unspecified atom stereocenters. The van der Waals surface area contributed by atoms with Gasteiger partial charge in [0.05, 0.1) is 27.5 Å². The topological polar surface area (TPSA) is 110 Å². The summed E-state index contributed by atoms with van der Waals surface area (Å²) in [6.07, 6.45) is 1.55. The monoisotopic (exact) mass is 478 g/mol. The average molecular weight is 479 g/mol. The summed E-state index contributed by atoms with van der Waals surface area (Å²) in [4.78, 5) is 36.5. The zero-order chi connectivity index (χ0) is 21.1. The van der Waals surface area contributed by atoms with Crippen LogP contribution in [0.25, 0.3) is 6.08 Å². The van der Waals surface area contributed by atoms with Crippen molar-refractivity contribution in [3.05, 3.63) is 67.0 Å². The van der Waals surface area contributed by atoms with Crippen LogP contribution in [0.2, 0.25) is 0 Å². The Kier molecular flexibility index (Phi) is 6.23. The smallest absolute Gasteiger partial charge is 0.293 e. The Bertz CT molecular complexity index is 1020. The van der Waals surface area contributed by atoms with Gasteiger partial charge in [0.25, 0.3) is 16.8 Å². The van der Waals surface area contributed by atoms with Crippen LogP contribution in [-0.2, 0) is 11.3 Å². The van der Waals surface area contributed by atoms with E-state index in [1.54, 1.807) is 25.1 Å². The predicted octanol–water partition coefficient (Wildman–Crippen LogP) is 4.70. The summed E-state index contributed by atoms with van der Waals surface area (Å²) in [7, 11) is 0. The van der Waals surface area contributed by atoms with E-state index < -0.39 is 16.1 Å². The number of aromatic hydroxyl groups is 1. The summed E-state index contributed by atoms with van der Waals surface area (Å²) in [6, 6.07) is 8.87. The standard InChI is InChI=1S/C19H15BrN2O6S/c1-2-28-15-8-12(7-14(20)17(15)23)9-16-18(24)21(19(25)29-16)10-11-3-5-13(6-4-11)22(26)27/h3-9,23H,2,10H2,1H3/b16-9-. The summed E-state index contributed by atoms with van der Waals surface area (Å²) >= 11 is 4.04. The highest BCUT2D eigenvalue weighted by Gasteiger charge is 2.35. The lowest BCUT2D eigenvalue weighted by Crippen LogP contribution is -2.27. The van der Waals surface area contributed by atoms with Crippen molar-refractivity contribution in [2.45, 2.75) is 13.5 Å². The van der Waals surface area contributed by atoms with Crippen LogP contribution in [-0.4, -0.2) is 32.7 Å². The van der Waals surface area contributed by atoms with Crippen LogP contribution in [0.15, 0.2) is 45.8 Å². The van der Waals surface area contributed by atoms with Crippen molar-refractivity contribution in [3.8, 4) is 11.5 Å². The van der Waals surface area contributed by atoms with E-state index in [-0.39, 0.29) is 28.6 Å². The molecule has 10 heteroatoms. The first-order valence-corrected chi connectivity index (χ1v) is 10.0. The minimum absolute atomic E-state index is 0.0173. The lowest BCUT2D eigenvalue weighted by atomic mass is 10.1. The summed E-state index contributed by atoms with van der Waals surface area (Å²) in [5, 5.41) is 20.3. The van der Waals surface area contributed by atoms with E-state index in [1.165, 1.54) is 24.3 Å². The first-order valence-electron chi connectivity index (χ1n) is 8.44. The summed E-state index contributed by atoms with van der Waals surface area (Å²) < 4.78 is 5.77. The van der Waals surface area contributed by atoms with Crippen molar-refractivity contribution in [2.24, 2.45) is 0 Å². The molecule has 2 aromatic rings. The highest BCUT2D eigenvalue weighted by atomic mass is 79.9. The van der Waals surface area contributed by atoms with Gasteiger partial charge in [-0.25, -0.2) is 0 Å². The van der Waals surface area contributed by atoms with Crippen molar-refractivity contribution in [1.82, 2.24) is 4.90 Å². The fourth-order valence-electron chi connectivity index (χ4n) is 2.64. The maximum Gasteiger partial charge on any atom is 0.293 e. The summed E-state index contributed by atoms with van der Waals surface area (Å²) in [6.45, 7) is 2.16. The van der Waals surface area contributed by atoms with Gasteiger partial charge < -0.3 is 9.84 Å². The molecule has 29 heavy (non-hydrogen) atoms. The number of carbonyl (C=O) groups excluding carboxylic acids is 2. The fourth-order valence-corrected chi connectivity index (χ4v) is 3.93. The Hall–Kier alpha value is -2.85. The largest absolute Gasteiger partial charge is 0.503 e. The number of amides is 2.